The third kappa shape index (κ3) is 3.34. The van der Waals surface area contributed by atoms with Gasteiger partial charge < -0.3 is 0 Å². The molecule has 0 atom stereocenters. The minimum Gasteiger partial charge on any atom is -0.275 e. The number of aryl methyl sites for hydroxylation is 3. The van der Waals surface area contributed by atoms with Gasteiger partial charge in [-0.2, -0.15) is 9.47 Å². The third-order valence-corrected chi connectivity index (χ3v) is 4.77. The number of rotatable bonds is 5. The van der Waals surface area contributed by atoms with Gasteiger partial charge in [-0.05, 0) is 54.2 Å². The van der Waals surface area contributed by atoms with Gasteiger partial charge in [-0.3, -0.25) is 4.68 Å². The molecule has 3 aromatic rings. The zero-order chi connectivity index (χ0) is 16.4. The van der Waals surface area contributed by atoms with Crippen molar-refractivity contribution in [1.82, 2.24) is 14.2 Å². The van der Waals surface area contributed by atoms with Crippen LogP contribution in [0, 0.1) is 5.82 Å². The van der Waals surface area contributed by atoms with Crippen molar-refractivity contribution in [2.45, 2.75) is 33.1 Å². The van der Waals surface area contributed by atoms with E-state index < -0.39 is 0 Å². The fourth-order valence-corrected chi connectivity index (χ4v) is 3.60. The summed E-state index contributed by atoms with van der Waals surface area (Å²) in [6.07, 6.45) is 4.59. The van der Waals surface area contributed by atoms with E-state index in [1.807, 2.05) is 30.9 Å². The van der Waals surface area contributed by atoms with Crippen LogP contribution in [0.3, 0.4) is 0 Å². The van der Waals surface area contributed by atoms with Crippen molar-refractivity contribution >= 4 is 11.5 Å². The van der Waals surface area contributed by atoms with E-state index in [0.717, 1.165) is 47.3 Å². The molecule has 0 amide bonds. The van der Waals surface area contributed by atoms with Crippen molar-refractivity contribution in [1.29, 1.82) is 0 Å². The first-order valence-corrected chi connectivity index (χ1v) is 8.63. The van der Waals surface area contributed by atoms with Crippen molar-refractivity contribution < 1.29 is 4.39 Å². The highest BCUT2D eigenvalue weighted by molar-refractivity contribution is 7.05. The minimum absolute atomic E-state index is 0.196. The molecule has 0 aliphatic carbocycles. The Morgan fingerprint density at radius 2 is 1.96 bits per heavy atom. The molecule has 0 saturated heterocycles. The van der Waals surface area contributed by atoms with Gasteiger partial charge in [-0.25, -0.2) is 4.39 Å². The third-order valence-electron chi connectivity index (χ3n) is 3.94. The Bertz CT molecular complexity index is 820. The molecule has 0 aliphatic heterocycles. The van der Waals surface area contributed by atoms with Gasteiger partial charge in [-0.1, -0.05) is 13.8 Å². The highest BCUT2D eigenvalue weighted by Crippen LogP contribution is 2.29. The Morgan fingerprint density at radius 1 is 1.13 bits per heavy atom. The summed E-state index contributed by atoms with van der Waals surface area (Å²) in [7, 11) is 1.92. The Balaban J connectivity index is 2.00. The second-order valence-corrected chi connectivity index (χ2v) is 6.54. The number of nitrogens with zero attached hydrogens (tertiary/aromatic N) is 3. The quantitative estimate of drug-likeness (QED) is 0.695. The van der Waals surface area contributed by atoms with Crippen molar-refractivity contribution in [2.24, 2.45) is 7.05 Å². The summed E-state index contributed by atoms with van der Waals surface area (Å²) >= 11 is 1.55. The van der Waals surface area contributed by atoms with Crippen LogP contribution in [-0.4, -0.2) is 14.2 Å². The summed E-state index contributed by atoms with van der Waals surface area (Å²) in [5.41, 5.74) is 5.23. The van der Waals surface area contributed by atoms with Crippen LogP contribution in [0.15, 0.2) is 30.5 Å². The lowest BCUT2D eigenvalue weighted by Crippen LogP contribution is -1.94. The molecule has 5 heteroatoms. The van der Waals surface area contributed by atoms with Gasteiger partial charge in [0, 0.05) is 35.7 Å². The van der Waals surface area contributed by atoms with Crippen molar-refractivity contribution in [3.8, 4) is 11.3 Å². The Kier molecular flexibility index (Phi) is 4.57. The molecule has 0 fully saturated rings. The Hall–Kier alpha value is -2.01. The molecule has 2 aromatic heterocycles. The number of benzene rings is 1. The van der Waals surface area contributed by atoms with Crippen molar-refractivity contribution in [3.05, 3.63) is 58.0 Å². The van der Waals surface area contributed by atoms with Crippen LogP contribution in [0.2, 0.25) is 0 Å². The molecular formula is C18H20FN3S. The summed E-state index contributed by atoms with van der Waals surface area (Å²) < 4.78 is 19.8. The zero-order valence-corrected chi connectivity index (χ0v) is 14.5. The maximum Gasteiger partial charge on any atom is 0.123 e. The average Bonchev–Trinajstić information content (AvgIpc) is 3.14. The lowest BCUT2D eigenvalue weighted by Gasteiger charge is -2.07. The minimum atomic E-state index is -0.196. The standard InChI is InChI=1S/C18H20FN3S/c1-4-12-8-14(19)6-7-17(12)18-13(11-22(3)20-18)9-16-10-15(5-2)21-23-16/h6-8,10-11H,4-5,9H2,1-3H3. The number of hydrogen-bond acceptors (Lipinski definition) is 3. The molecule has 2 heterocycles. The van der Waals surface area contributed by atoms with E-state index in [1.54, 1.807) is 17.6 Å². The number of hydrogen-bond donors (Lipinski definition) is 0. The zero-order valence-electron chi connectivity index (χ0n) is 13.6. The molecular weight excluding hydrogens is 309 g/mol. The van der Waals surface area contributed by atoms with Crippen LogP contribution < -0.4 is 0 Å². The van der Waals surface area contributed by atoms with Gasteiger partial charge in [0.05, 0.1) is 11.4 Å². The fraction of sp³-hybridized carbons (Fsp3) is 0.333. The molecule has 3 rings (SSSR count). The van der Waals surface area contributed by atoms with E-state index in [1.165, 1.54) is 10.9 Å². The first-order valence-electron chi connectivity index (χ1n) is 7.86. The monoisotopic (exact) mass is 329 g/mol. The van der Waals surface area contributed by atoms with Gasteiger partial charge in [-0.15, -0.1) is 0 Å². The Morgan fingerprint density at radius 3 is 2.65 bits per heavy atom. The lowest BCUT2D eigenvalue weighted by atomic mass is 9.98. The summed E-state index contributed by atoms with van der Waals surface area (Å²) in [4.78, 5) is 1.23. The van der Waals surface area contributed by atoms with Gasteiger partial charge in [0.1, 0.15) is 5.82 Å². The molecule has 0 spiro atoms. The van der Waals surface area contributed by atoms with E-state index in [2.05, 4.69) is 22.5 Å². The summed E-state index contributed by atoms with van der Waals surface area (Å²) in [5, 5.41) is 4.62. The van der Waals surface area contributed by atoms with Crippen LogP contribution >= 0.6 is 11.5 Å². The molecule has 0 aliphatic rings. The van der Waals surface area contributed by atoms with E-state index in [-0.39, 0.29) is 5.82 Å². The average molecular weight is 329 g/mol. The molecule has 120 valence electrons. The largest absolute Gasteiger partial charge is 0.275 e. The summed E-state index contributed by atoms with van der Waals surface area (Å²) in [6.45, 7) is 4.15. The second-order valence-electron chi connectivity index (χ2n) is 5.65. The van der Waals surface area contributed by atoms with Gasteiger partial charge >= 0.3 is 0 Å². The van der Waals surface area contributed by atoms with Crippen LogP contribution in [0.4, 0.5) is 4.39 Å². The molecule has 1 aromatic carbocycles. The molecule has 0 radical (unpaired) electrons. The summed E-state index contributed by atoms with van der Waals surface area (Å²) in [5.74, 6) is -0.196. The highest BCUT2D eigenvalue weighted by Gasteiger charge is 2.15. The van der Waals surface area contributed by atoms with E-state index >= 15 is 0 Å². The van der Waals surface area contributed by atoms with E-state index in [4.69, 9.17) is 0 Å². The molecule has 0 saturated carbocycles. The van der Waals surface area contributed by atoms with Gasteiger partial charge in [0.2, 0.25) is 0 Å². The lowest BCUT2D eigenvalue weighted by molar-refractivity contribution is 0.626. The molecule has 3 nitrogen and oxygen atoms in total. The normalized spacial score (nSPS) is 11.1. The van der Waals surface area contributed by atoms with Crippen LogP contribution in [-0.2, 0) is 26.3 Å². The van der Waals surface area contributed by atoms with E-state index in [0.29, 0.717) is 0 Å². The predicted molar refractivity (Wildman–Crippen MR) is 92.3 cm³/mol. The maximum absolute atomic E-state index is 13.5. The van der Waals surface area contributed by atoms with Crippen LogP contribution in [0.25, 0.3) is 11.3 Å². The van der Waals surface area contributed by atoms with Crippen LogP contribution in [0.1, 0.15) is 35.5 Å². The summed E-state index contributed by atoms with van der Waals surface area (Å²) in [6, 6.07) is 7.11. The predicted octanol–water partition coefficient (Wildman–Crippen LogP) is 4.40. The number of aromatic nitrogens is 3. The van der Waals surface area contributed by atoms with Crippen molar-refractivity contribution in [2.75, 3.05) is 0 Å². The highest BCUT2D eigenvalue weighted by atomic mass is 32.1. The second kappa shape index (κ2) is 6.62. The first-order chi connectivity index (χ1) is 11.1. The topological polar surface area (TPSA) is 30.7 Å². The molecule has 0 N–H and O–H groups in total. The van der Waals surface area contributed by atoms with Crippen LogP contribution in [0.5, 0.6) is 0 Å². The molecule has 0 bridgehead atoms. The fourth-order valence-electron chi connectivity index (χ4n) is 2.77. The van der Waals surface area contributed by atoms with Crippen molar-refractivity contribution in [3.63, 3.8) is 0 Å². The van der Waals surface area contributed by atoms with E-state index in [9.17, 15) is 4.39 Å². The van der Waals surface area contributed by atoms with Gasteiger partial charge in [0.25, 0.3) is 0 Å². The molecule has 23 heavy (non-hydrogen) atoms. The first kappa shape index (κ1) is 15.9. The number of halogens is 1. The maximum atomic E-state index is 13.5. The smallest absolute Gasteiger partial charge is 0.123 e. The molecule has 0 unspecified atom stereocenters. The Labute approximate surface area is 140 Å². The SMILES string of the molecule is CCc1cc(Cc2cn(C)nc2-c2ccc(F)cc2CC)sn1. The van der Waals surface area contributed by atoms with Gasteiger partial charge in [0.15, 0.2) is 0 Å².